The van der Waals surface area contributed by atoms with Crippen molar-refractivity contribution in [3.05, 3.63) is 35.5 Å². The molecule has 2 aliphatic heterocycles. The van der Waals surface area contributed by atoms with Crippen molar-refractivity contribution in [2.75, 3.05) is 57.3 Å². The molecule has 2 aromatic rings. The Morgan fingerprint density at radius 1 is 1.14 bits per heavy atom. The van der Waals surface area contributed by atoms with Gasteiger partial charge in [-0.2, -0.15) is 0 Å². The molecule has 0 amide bonds. The average Bonchev–Trinajstić information content (AvgIpc) is 3.19. The standard InChI is InChI=1S/C21H29FN4OS/c1-16(2)26-11-12-27-19(14-26)13-24-7-9-25(10-8-24)21-23-20(15-28-21)17-3-5-18(22)6-4-17/h3-6,15-16,19H,7-14H2,1-2H3. The maximum atomic E-state index is 13.1. The van der Waals surface area contributed by atoms with Gasteiger partial charge in [0.05, 0.1) is 18.4 Å². The minimum atomic E-state index is -0.214. The van der Waals surface area contributed by atoms with Crippen LogP contribution in [0.2, 0.25) is 0 Å². The van der Waals surface area contributed by atoms with E-state index in [1.54, 1.807) is 23.5 Å². The summed E-state index contributed by atoms with van der Waals surface area (Å²) in [7, 11) is 0. The second kappa shape index (κ2) is 8.86. The fourth-order valence-electron chi connectivity index (χ4n) is 3.89. The molecule has 152 valence electrons. The van der Waals surface area contributed by atoms with Gasteiger partial charge >= 0.3 is 0 Å². The highest BCUT2D eigenvalue weighted by atomic mass is 32.1. The Balaban J connectivity index is 1.29. The SMILES string of the molecule is CC(C)N1CCOC(CN2CCN(c3nc(-c4ccc(F)cc4)cs3)CC2)C1. The number of halogens is 1. The number of benzene rings is 1. The topological polar surface area (TPSA) is 31.8 Å². The van der Waals surface area contributed by atoms with Gasteiger partial charge in [0.15, 0.2) is 5.13 Å². The Morgan fingerprint density at radius 2 is 1.89 bits per heavy atom. The van der Waals surface area contributed by atoms with Crippen molar-refractivity contribution < 1.29 is 9.13 Å². The zero-order valence-corrected chi connectivity index (χ0v) is 17.5. The van der Waals surface area contributed by atoms with Crippen molar-refractivity contribution in [2.24, 2.45) is 0 Å². The average molecular weight is 405 g/mol. The van der Waals surface area contributed by atoms with E-state index in [1.165, 1.54) is 12.1 Å². The molecule has 1 atom stereocenters. The van der Waals surface area contributed by atoms with E-state index in [4.69, 9.17) is 9.72 Å². The van der Waals surface area contributed by atoms with Gasteiger partial charge in [-0.25, -0.2) is 9.37 Å². The van der Waals surface area contributed by atoms with E-state index < -0.39 is 0 Å². The van der Waals surface area contributed by atoms with E-state index in [2.05, 4.69) is 33.9 Å². The third-order valence-corrected chi connectivity index (χ3v) is 6.54. The first-order valence-electron chi connectivity index (χ1n) is 10.1. The fraction of sp³-hybridized carbons (Fsp3) is 0.571. The summed E-state index contributed by atoms with van der Waals surface area (Å²) in [5, 5.41) is 3.12. The van der Waals surface area contributed by atoms with Gasteiger partial charge in [-0.05, 0) is 38.1 Å². The zero-order chi connectivity index (χ0) is 19.5. The number of rotatable bonds is 5. The lowest BCUT2D eigenvalue weighted by Crippen LogP contribution is -2.53. The number of nitrogens with zero attached hydrogens (tertiary/aromatic N) is 4. The Bertz CT molecular complexity index is 758. The first kappa shape index (κ1) is 19.8. The van der Waals surface area contributed by atoms with Gasteiger partial charge in [0.2, 0.25) is 0 Å². The van der Waals surface area contributed by atoms with E-state index in [0.29, 0.717) is 12.1 Å². The maximum absolute atomic E-state index is 13.1. The molecule has 7 heteroatoms. The van der Waals surface area contributed by atoms with Crippen LogP contribution < -0.4 is 4.90 Å². The monoisotopic (exact) mass is 404 g/mol. The fourth-order valence-corrected chi connectivity index (χ4v) is 4.78. The van der Waals surface area contributed by atoms with Crippen LogP contribution >= 0.6 is 11.3 Å². The molecule has 2 saturated heterocycles. The summed E-state index contributed by atoms with van der Waals surface area (Å²) in [5.41, 5.74) is 1.89. The molecule has 1 aromatic carbocycles. The molecule has 0 spiro atoms. The van der Waals surface area contributed by atoms with Crippen molar-refractivity contribution in [3.8, 4) is 11.3 Å². The van der Waals surface area contributed by atoms with Crippen molar-refractivity contribution in [3.63, 3.8) is 0 Å². The molecule has 3 heterocycles. The quantitative estimate of drug-likeness (QED) is 0.764. The van der Waals surface area contributed by atoms with Crippen LogP contribution in [0, 0.1) is 5.82 Å². The number of ether oxygens (including phenoxy) is 1. The van der Waals surface area contributed by atoms with Crippen LogP contribution in [0.1, 0.15) is 13.8 Å². The van der Waals surface area contributed by atoms with Gasteiger partial charge in [0, 0.05) is 62.8 Å². The highest BCUT2D eigenvalue weighted by Gasteiger charge is 2.26. The lowest BCUT2D eigenvalue weighted by Gasteiger charge is -2.40. The van der Waals surface area contributed by atoms with Crippen molar-refractivity contribution in [1.29, 1.82) is 0 Å². The minimum Gasteiger partial charge on any atom is -0.374 e. The lowest BCUT2D eigenvalue weighted by atomic mass is 10.2. The number of aromatic nitrogens is 1. The molecule has 1 aromatic heterocycles. The molecule has 28 heavy (non-hydrogen) atoms. The van der Waals surface area contributed by atoms with Crippen LogP contribution in [0.3, 0.4) is 0 Å². The summed E-state index contributed by atoms with van der Waals surface area (Å²) < 4.78 is 19.1. The van der Waals surface area contributed by atoms with E-state index in [-0.39, 0.29) is 5.82 Å². The molecule has 2 aliphatic rings. The molecule has 0 bridgehead atoms. The zero-order valence-electron chi connectivity index (χ0n) is 16.7. The highest BCUT2D eigenvalue weighted by Crippen LogP contribution is 2.28. The first-order valence-corrected chi connectivity index (χ1v) is 11.0. The van der Waals surface area contributed by atoms with Crippen LogP contribution in [0.25, 0.3) is 11.3 Å². The molecule has 0 N–H and O–H groups in total. The summed E-state index contributed by atoms with van der Waals surface area (Å²) >= 11 is 1.67. The van der Waals surface area contributed by atoms with E-state index in [9.17, 15) is 4.39 Å². The van der Waals surface area contributed by atoms with E-state index in [0.717, 1.165) is 68.8 Å². The van der Waals surface area contributed by atoms with Crippen LogP contribution in [0.15, 0.2) is 29.6 Å². The largest absolute Gasteiger partial charge is 0.374 e. The molecule has 2 fully saturated rings. The first-order chi connectivity index (χ1) is 13.6. The van der Waals surface area contributed by atoms with E-state index in [1.807, 2.05) is 0 Å². The summed E-state index contributed by atoms with van der Waals surface area (Å²) in [6, 6.07) is 7.14. The van der Waals surface area contributed by atoms with Crippen LogP contribution in [-0.2, 0) is 4.74 Å². The number of thiazole rings is 1. The molecule has 0 radical (unpaired) electrons. The van der Waals surface area contributed by atoms with Crippen molar-refractivity contribution in [1.82, 2.24) is 14.8 Å². The summed E-state index contributed by atoms with van der Waals surface area (Å²) in [4.78, 5) is 12.2. The minimum absolute atomic E-state index is 0.214. The third-order valence-electron chi connectivity index (χ3n) is 5.64. The van der Waals surface area contributed by atoms with Gasteiger partial charge in [0.25, 0.3) is 0 Å². The predicted octanol–water partition coefficient (Wildman–Crippen LogP) is 3.18. The van der Waals surface area contributed by atoms with Gasteiger partial charge in [0.1, 0.15) is 5.82 Å². The molecule has 0 saturated carbocycles. The van der Waals surface area contributed by atoms with Gasteiger partial charge in [-0.3, -0.25) is 9.80 Å². The Kier molecular flexibility index (Phi) is 6.25. The van der Waals surface area contributed by atoms with Crippen LogP contribution in [-0.4, -0.2) is 79.3 Å². The Morgan fingerprint density at radius 3 is 2.61 bits per heavy atom. The molecule has 5 nitrogen and oxygen atoms in total. The Hall–Kier alpha value is -1.54. The smallest absolute Gasteiger partial charge is 0.185 e. The van der Waals surface area contributed by atoms with Gasteiger partial charge in [-0.1, -0.05) is 0 Å². The predicted molar refractivity (Wildman–Crippen MR) is 113 cm³/mol. The van der Waals surface area contributed by atoms with Gasteiger partial charge < -0.3 is 9.64 Å². The molecule has 4 rings (SSSR count). The van der Waals surface area contributed by atoms with Gasteiger partial charge in [-0.15, -0.1) is 11.3 Å². The normalized spacial score (nSPS) is 22.1. The number of hydrogen-bond acceptors (Lipinski definition) is 6. The highest BCUT2D eigenvalue weighted by molar-refractivity contribution is 7.14. The molecule has 0 aliphatic carbocycles. The van der Waals surface area contributed by atoms with E-state index >= 15 is 0 Å². The number of hydrogen-bond donors (Lipinski definition) is 0. The van der Waals surface area contributed by atoms with Crippen molar-refractivity contribution in [2.45, 2.75) is 26.0 Å². The number of anilines is 1. The molecular weight excluding hydrogens is 375 g/mol. The molecular formula is C21H29FN4OS. The third kappa shape index (κ3) is 4.71. The summed E-state index contributed by atoms with van der Waals surface area (Å²) in [5.74, 6) is -0.214. The summed E-state index contributed by atoms with van der Waals surface area (Å²) in [6.07, 6.45) is 0.313. The molecule has 1 unspecified atom stereocenters. The number of piperazine rings is 1. The second-order valence-electron chi connectivity index (χ2n) is 7.89. The van der Waals surface area contributed by atoms with Crippen LogP contribution in [0.4, 0.5) is 9.52 Å². The van der Waals surface area contributed by atoms with Crippen LogP contribution in [0.5, 0.6) is 0 Å². The maximum Gasteiger partial charge on any atom is 0.185 e. The lowest BCUT2D eigenvalue weighted by molar-refractivity contribution is -0.0525. The van der Waals surface area contributed by atoms with Crippen molar-refractivity contribution >= 4 is 16.5 Å². The summed E-state index contributed by atoms with van der Waals surface area (Å²) in [6.45, 7) is 12.5. The number of morpholine rings is 1. The Labute approximate surface area is 170 Å². The second-order valence-corrected chi connectivity index (χ2v) is 8.73.